The van der Waals surface area contributed by atoms with Gasteiger partial charge in [0.15, 0.2) is 0 Å². The Labute approximate surface area is 154 Å². The first kappa shape index (κ1) is 17.5. The fourth-order valence-corrected chi connectivity index (χ4v) is 5.40. The molecule has 0 N–H and O–H groups in total. The highest BCUT2D eigenvalue weighted by molar-refractivity contribution is 7.92. The van der Waals surface area contributed by atoms with Crippen LogP contribution in [0.3, 0.4) is 0 Å². The molecule has 1 spiro atoms. The summed E-state index contributed by atoms with van der Waals surface area (Å²) in [6.45, 7) is 7.22. The van der Waals surface area contributed by atoms with Crippen molar-refractivity contribution in [3.63, 3.8) is 0 Å². The lowest BCUT2D eigenvalue weighted by Crippen LogP contribution is -2.45. The van der Waals surface area contributed by atoms with Gasteiger partial charge >= 0.3 is 0 Å². The van der Waals surface area contributed by atoms with Gasteiger partial charge < -0.3 is 4.52 Å². The van der Waals surface area contributed by atoms with Gasteiger partial charge in [0.05, 0.1) is 17.6 Å². The minimum absolute atomic E-state index is 0.0745. The summed E-state index contributed by atoms with van der Waals surface area (Å²) in [4.78, 5) is 2.42. The normalized spacial score (nSPS) is 19.9. The molecule has 0 radical (unpaired) electrons. The fraction of sp³-hybridized carbons (Fsp3) is 0.526. The highest BCUT2D eigenvalue weighted by atomic mass is 32.2. The summed E-state index contributed by atoms with van der Waals surface area (Å²) in [5.74, 6) is 0.886. The SMILES string of the molecule is Cc1noc(C)c1CN1CCC2(CC1)CN(S(C)(=O)=O)c1ccccc12. The number of para-hydroxylation sites is 1. The average molecular weight is 375 g/mol. The van der Waals surface area contributed by atoms with Crippen LogP contribution in [-0.4, -0.2) is 44.4 Å². The molecule has 1 aromatic carbocycles. The van der Waals surface area contributed by atoms with E-state index in [0.29, 0.717) is 6.54 Å². The molecule has 140 valence electrons. The van der Waals surface area contributed by atoms with E-state index in [1.807, 2.05) is 32.0 Å². The van der Waals surface area contributed by atoms with Gasteiger partial charge in [-0.05, 0) is 51.4 Å². The third kappa shape index (κ3) is 2.83. The third-order valence-electron chi connectivity index (χ3n) is 5.97. The first-order valence-corrected chi connectivity index (χ1v) is 10.9. The maximum Gasteiger partial charge on any atom is 0.232 e. The van der Waals surface area contributed by atoms with E-state index < -0.39 is 10.0 Å². The van der Waals surface area contributed by atoms with Crippen molar-refractivity contribution in [3.8, 4) is 0 Å². The van der Waals surface area contributed by atoms with Crippen molar-refractivity contribution in [2.45, 2.75) is 38.6 Å². The molecule has 0 saturated carbocycles. The van der Waals surface area contributed by atoms with E-state index in [2.05, 4.69) is 16.1 Å². The average Bonchev–Trinajstić information content (AvgIpc) is 3.10. The molecular weight excluding hydrogens is 350 g/mol. The van der Waals surface area contributed by atoms with Crippen LogP contribution in [-0.2, 0) is 22.0 Å². The lowest BCUT2D eigenvalue weighted by atomic mass is 9.74. The lowest BCUT2D eigenvalue weighted by Gasteiger charge is -2.39. The smallest absolute Gasteiger partial charge is 0.232 e. The molecule has 0 bridgehead atoms. The van der Waals surface area contributed by atoms with Gasteiger partial charge in [-0.3, -0.25) is 9.21 Å². The molecule has 0 aliphatic carbocycles. The van der Waals surface area contributed by atoms with Crippen LogP contribution in [0.5, 0.6) is 0 Å². The van der Waals surface area contributed by atoms with Crippen molar-refractivity contribution < 1.29 is 12.9 Å². The summed E-state index contributed by atoms with van der Waals surface area (Å²) >= 11 is 0. The van der Waals surface area contributed by atoms with E-state index in [0.717, 1.165) is 49.6 Å². The molecule has 0 amide bonds. The minimum atomic E-state index is -3.26. The second-order valence-electron chi connectivity index (χ2n) is 7.65. The summed E-state index contributed by atoms with van der Waals surface area (Å²) < 4.78 is 31.4. The predicted octanol–water partition coefficient (Wildman–Crippen LogP) is 2.60. The molecule has 1 saturated heterocycles. The van der Waals surface area contributed by atoms with Gasteiger partial charge in [0.2, 0.25) is 10.0 Å². The van der Waals surface area contributed by atoms with E-state index >= 15 is 0 Å². The second kappa shape index (κ2) is 6.09. The predicted molar refractivity (Wildman–Crippen MR) is 101 cm³/mol. The van der Waals surface area contributed by atoms with Crippen LogP contribution in [0.25, 0.3) is 0 Å². The summed E-state index contributed by atoms with van der Waals surface area (Å²) in [5.41, 5.74) is 4.09. The summed E-state index contributed by atoms with van der Waals surface area (Å²) in [6, 6.07) is 7.97. The topological polar surface area (TPSA) is 66.7 Å². The van der Waals surface area contributed by atoms with Crippen molar-refractivity contribution in [1.82, 2.24) is 10.1 Å². The molecule has 1 aromatic heterocycles. The van der Waals surface area contributed by atoms with Crippen LogP contribution in [0.2, 0.25) is 0 Å². The largest absolute Gasteiger partial charge is 0.361 e. The molecule has 26 heavy (non-hydrogen) atoms. The Balaban J connectivity index is 1.55. The third-order valence-corrected chi connectivity index (χ3v) is 7.09. The number of aromatic nitrogens is 1. The maximum absolute atomic E-state index is 12.3. The van der Waals surface area contributed by atoms with Crippen LogP contribution in [0.15, 0.2) is 28.8 Å². The zero-order valence-electron chi connectivity index (χ0n) is 15.5. The van der Waals surface area contributed by atoms with E-state index in [-0.39, 0.29) is 5.41 Å². The molecule has 0 unspecified atom stereocenters. The van der Waals surface area contributed by atoms with Crippen LogP contribution >= 0.6 is 0 Å². The van der Waals surface area contributed by atoms with Gasteiger partial charge in [0.1, 0.15) is 5.76 Å². The monoisotopic (exact) mass is 375 g/mol. The van der Waals surface area contributed by atoms with Gasteiger partial charge in [-0.15, -0.1) is 0 Å². The van der Waals surface area contributed by atoms with Crippen molar-refractivity contribution in [1.29, 1.82) is 0 Å². The van der Waals surface area contributed by atoms with Crippen molar-refractivity contribution >= 4 is 15.7 Å². The highest BCUT2D eigenvalue weighted by Gasteiger charge is 2.46. The quantitative estimate of drug-likeness (QED) is 0.825. The molecule has 6 nitrogen and oxygen atoms in total. The number of piperidine rings is 1. The van der Waals surface area contributed by atoms with Gasteiger partial charge in [0.25, 0.3) is 0 Å². The number of benzene rings is 1. The maximum atomic E-state index is 12.3. The Morgan fingerprint density at radius 3 is 2.50 bits per heavy atom. The second-order valence-corrected chi connectivity index (χ2v) is 9.55. The molecule has 2 aromatic rings. The molecule has 1 fully saturated rings. The Morgan fingerprint density at radius 2 is 1.88 bits per heavy atom. The van der Waals surface area contributed by atoms with Crippen molar-refractivity contribution in [3.05, 3.63) is 46.8 Å². The van der Waals surface area contributed by atoms with Gasteiger partial charge in [-0.25, -0.2) is 8.42 Å². The van der Waals surface area contributed by atoms with Crippen LogP contribution < -0.4 is 4.31 Å². The van der Waals surface area contributed by atoms with Gasteiger partial charge in [-0.2, -0.15) is 0 Å². The van der Waals surface area contributed by atoms with E-state index in [4.69, 9.17) is 4.52 Å². The molecule has 4 rings (SSSR count). The fourth-order valence-electron chi connectivity index (χ4n) is 4.40. The molecule has 3 heterocycles. The Kier molecular flexibility index (Phi) is 4.11. The first-order chi connectivity index (χ1) is 12.3. The van der Waals surface area contributed by atoms with Gasteiger partial charge in [0, 0.05) is 24.1 Å². The van der Waals surface area contributed by atoms with Crippen LogP contribution in [0, 0.1) is 13.8 Å². The zero-order chi connectivity index (χ0) is 18.5. The molecule has 2 aliphatic heterocycles. The molecule has 0 atom stereocenters. The van der Waals surface area contributed by atoms with Crippen LogP contribution in [0.4, 0.5) is 5.69 Å². The first-order valence-electron chi connectivity index (χ1n) is 9.01. The number of hydrogen-bond acceptors (Lipinski definition) is 5. The molecule has 2 aliphatic rings. The summed E-state index contributed by atoms with van der Waals surface area (Å²) in [5, 5.41) is 4.04. The number of aryl methyl sites for hydroxylation is 2. The number of sulfonamides is 1. The van der Waals surface area contributed by atoms with Gasteiger partial charge in [-0.1, -0.05) is 23.4 Å². The Morgan fingerprint density at radius 1 is 1.19 bits per heavy atom. The van der Waals surface area contributed by atoms with Crippen molar-refractivity contribution in [2.24, 2.45) is 0 Å². The number of anilines is 1. The van der Waals surface area contributed by atoms with Crippen LogP contribution in [0.1, 0.15) is 35.4 Å². The number of likely N-dealkylation sites (tertiary alicyclic amines) is 1. The number of rotatable bonds is 3. The zero-order valence-corrected chi connectivity index (χ0v) is 16.3. The Bertz CT molecular complexity index is 908. The molecule has 7 heteroatoms. The highest BCUT2D eigenvalue weighted by Crippen LogP contribution is 2.47. The Hall–Kier alpha value is -1.86. The number of nitrogens with zero attached hydrogens (tertiary/aromatic N) is 3. The van der Waals surface area contributed by atoms with E-state index in [1.165, 1.54) is 17.4 Å². The van der Waals surface area contributed by atoms with E-state index in [1.54, 1.807) is 4.31 Å². The molecular formula is C19H25N3O3S. The summed E-state index contributed by atoms with van der Waals surface area (Å²) in [6.07, 6.45) is 3.22. The number of fused-ring (bicyclic) bond motifs is 2. The van der Waals surface area contributed by atoms with E-state index in [9.17, 15) is 8.42 Å². The summed E-state index contributed by atoms with van der Waals surface area (Å²) in [7, 11) is -3.26. The number of hydrogen-bond donors (Lipinski definition) is 0. The lowest BCUT2D eigenvalue weighted by molar-refractivity contribution is 0.160. The minimum Gasteiger partial charge on any atom is -0.361 e. The standard InChI is InChI=1S/C19H25N3O3S/c1-14-16(15(2)25-20-14)12-21-10-8-19(9-11-21)13-22(26(3,23)24)18-7-5-4-6-17(18)19/h4-7H,8-13H2,1-3H3. The van der Waals surface area contributed by atoms with Crippen molar-refractivity contribution in [2.75, 3.05) is 30.2 Å².